The van der Waals surface area contributed by atoms with E-state index in [2.05, 4.69) is 16.0 Å². The maximum atomic E-state index is 9.63. The standard InChI is InChI=1S/C22H15N5/c23-14-18(21-10-4-5-12-25-21)13-19-16-27(20-8-2-1-3-9-20)26-22(19)17-7-6-11-24-15-17/h1-13,15-16H/b18-13+. The summed E-state index contributed by atoms with van der Waals surface area (Å²) >= 11 is 0. The average Bonchev–Trinajstić information content (AvgIpc) is 3.18. The summed E-state index contributed by atoms with van der Waals surface area (Å²) in [6, 6.07) is 21.4. The third-order valence-corrected chi connectivity index (χ3v) is 4.06. The molecule has 0 atom stereocenters. The van der Waals surface area contributed by atoms with Crippen LogP contribution in [0.25, 0.3) is 28.6 Å². The minimum Gasteiger partial charge on any atom is -0.264 e. The summed E-state index contributed by atoms with van der Waals surface area (Å²) in [6.07, 6.45) is 8.90. The molecule has 0 radical (unpaired) electrons. The molecule has 3 heterocycles. The number of benzene rings is 1. The van der Waals surface area contributed by atoms with Gasteiger partial charge in [-0.15, -0.1) is 0 Å². The number of para-hydroxylation sites is 1. The minimum absolute atomic E-state index is 0.480. The van der Waals surface area contributed by atoms with E-state index in [9.17, 15) is 5.26 Å². The van der Waals surface area contributed by atoms with E-state index in [0.717, 1.165) is 22.5 Å². The van der Waals surface area contributed by atoms with Crippen LogP contribution in [-0.4, -0.2) is 19.7 Å². The first kappa shape index (κ1) is 16.4. The van der Waals surface area contributed by atoms with E-state index in [1.165, 1.54) is 0 Å². The van der Waals surface area contributed by atoms with E-state index in [4.69, 9.17) is 5.10 Å². The van der Waals surface area contributed by atoms with Crippen molar-refractivity contribution in [2.45, 2.75) is 0 Å². The Morgan fingerprint density at radius 3 is 2.52 bits per heavy atom. The van der Waals surface area contributed by atoms with Crippen molar-refractivity contribution in [2.75, 3.05) is 0 Å². The van der Waals surface area contributed by atoms with Crippen molar-refractivity contribution in [1.82, 2.24) is 19.7 Å². The fraction of sp³-hybridized carbons (Fsp3) is 0. The van der Waals surface area contributed by atoms with Crippen LogP contribution >= 0.6 is 0 Å². The van der Waals surface area contributed by atoms with Gasteiger partial charge in [0, 0.05) is 35.9 Å². The van der Waals surface area contributed by atoms with Crippen LogP contribution in [0.2, 0.25) is 0 Å². The van der Waals surface area contributed by atoms with Gasteiger partial charge in [-0.3, -0.25) is 9.97 Å². The van der Waals surface area contributed by atoms with E-state index in [0.29, 0.717) is 11.3 Å². The molecule has 1 aromatic carbocycles. The number of hydrogen-bond donors (Lipinski definition) is 0. The van der Waals surface area contributed by atoms with Gasteiger partial charge >= 0.3 is 0 Å². The second kappa shape index (κ2) is 7.46. The van der Waals surface area contributed by atoms with Gasteiger partial charge in [0.25, 0.3) is 0 Å². The first-order chi connectivity index (χ1) is 13.3. The lowest BCUT2D eigenvalue weighted by molar-refractivity contribution is 0.884. The predicted molar refractivity (Wildman–Crippen MR) is 105 cm³/mol. The molecule has 0 unspecified atom stereocenters. The summed E-state index contributed by atoms with van der Waals surface area (Å²) in [6.45, 7) is 0. The van der Waals surface area contributed by atoms with Crippen LogP contribution in [0.5, 0.6) is 0 Å². The SMILES string of the molecule is N#C/C(=C\c1cn(-c2ccccc2)nc1-c1cccnc1)c1ccccn1. The third kappa shape index (κ3) is 3.51. The van der Waals surface area contributed by atoms with Crippen LogP contribution in [0, 0.1) is 11.3 Å². The number of nitriles is 1. The Labute approximate surface area is 156 Å². The Kier molecular flexibility index (Phi) is 4.54. The average molecular weight is 349 g/mol. The van der Waals surface area contributed by atoms with Crippen molar-refractivity contribution >= 4 is 11.6 Å². The minimum atomic E-state index is 0.480. The third-order valence-electron chi connectivity index (χ3n) is 4.06. The summed E-state index contributed by atoms with van der Waals surface area (Å²) in [4.78, 5) is 8.48. The molecule has 0 amide bonds. The topological polar surface area (TPSA) is 67.4 Å². The van der Waals surface area contributed by atoms with Crippen LogP contribution in [0.15, 0.2) is 85.5 Å². The van der Waals surface area contributed by atoms with Gasteiger partial charge in [0.2, 0.25) is 0 Å². The second-order valence-corrected chi connectivity index (χ2v) is 5.84. The lowest BCUT2D eigenvalue weighted by atomic mass is 10.1. The molecular formula is C22H15N5. The predicted octanol–water partition coefficient (Wildman–Crippen LogP) is 4.39. The molecule has 0 aliphatic rings. The summed E-state index contributed by atoms with van der Waals surface area (Å²) in [5.74, 6) is 0. The molecule has 0 saturated carbocycles. The van der Waals surface area contributed by atoms with Gasteiger partial charge in [0.05, 0.1) is 17.0 Å². The molecule has 5 heteroatoms. The quantitative estimate of drug-likeness (QED) is 0.512. The van der Waals surface area contributed by atoms with E-state index in [1.807, 2.05) is 77.6 Å². The largest absolute Gasteiger partial charge is 0.264 e. The van der Waals surface area contributed by atoms with E-state index >= 15 is 0 Å². The zero-order valence-electron chi connectivity index (χ0n) is 14.4. The number of nitrogens with zero attached hydrogens (tertiary/aromatic N) is 5. The second-order valence-electron chi connectivity index (χ2n) is 5.84. The Bertz CT molecular complexity index is 1110. The number of hydrogen-bond acceptors (Lipinski definition) is 4. The van der Waals surface area contributed by atoms with Gasteiger partial charge in [-0.25, -0.2) is 4.68 Å². The van der Waals surface area contributed by atoms with Crippen molar-refractivity contribution in [3.8, 4) is 23.0 Å². The fourth-order valence-corrected chi connectivity index (χ4v) is 2.77. The summed E-state index contributed by atoms with van der Waals surface area (Å²) in [7, 11) is 0. The molecule has 128 valence electrons. The summed E-state index contributed by atoms with van der Waals surface area (Å²) in [5.41, 5.74) is 4.53. The van der Waals surface area contributed by atoms with Crippen molar-refractivity contribution in [1.29, 1.82) is 5.26 Å². The molecule has 5 nitrogen and oxygen atoms in total. The number of pyridine rings is 2. The molecule has 4 aromatic rings. The molecule has 0 spiro atoms. The highest BCUT2D eigenvalue weighted by atomic mass is 15.3. The molecule has 0 bridgehead atoms. The fourth-order valence-electron chi connectivity index (χ4n) is 2.77. The Morgan fingerprint density at radius 1 is 0.963 bits per heavy atom. The van der Waals surface area contributed by atoms with Gasteiger partial charge in [-0.2, -0.15) is 10.4 Å². The molecule has 4 rings (SSSR count). The van der Waals surface area contributed by atoms with Gasteiger partial charge in [0.1, 0.15) is 11.8 Å². The number of aromatic nitrogens is 4. The van der Waals surface area contributed by atoms with Gasteiger partial charge in [-0.05, 0) is 42.5 Å². The van der Waals surface area contributed by atoms with Crippen molar-refractivity contribution in [3.05, 3.63) is 96.7 Å². The molecule has 0 aliphatic carbocycles. The van der Waals surface area contributed by atoms with Crippen LogP contribution < -0.4 is 0 Å². The van der Waals surface area contributed by atoms with Gasteiger partial charge < -0.3 is 0 Å². The zero-order chi connectivity index (χ0) is 18.5. The smallest absolute Gasteiger partial charge is 0.102 e. The van der Waals surface area contributed by atoms with Gasteiger partial charge in [0.15, 0.2) is 0 Å². The molecule has 0 fully saturated rings. The molecule has 0 aliphatic heterocycles. The summed E-state index contributed by atoms with van der Waals surface area (Å²) in [5, 5.41) is 14.4. The van der Waals surface area contributed by atoms with Crippen LogP contribution in [0.4, 0.5) is 0 Å². The van der Waals surface area contributed by atoms with E-state index in [-0.39, 0.29) is 0 Å². The maximum Gasteiger partial charge on any atom is 0.102 e. The van der Waals surface area contributed by atoms with Gasteiger partial charge in [-0.1, -0.05) is 24.3 Å². The highest BCUT2D eigenvalue weighted by Crippen LogP contribution is 2.26. The Morgan fingerprint density at radius 2 is 1.81 bits per heavy atom. The molecule has 0 saturated heterocycles. The first-order valence-electron chi connectivity index (χ1n) is 8.44. The monoisotopic (exact) mass is 349 g/mol. The van der Waals surface area contributed by atoms with Crippen LogP contribution in [0.1, 0.15) is 11.3 Å². The Hall–Kier alpha value is -4.04. The van der Waals surface area contributed by atoms with Crippen LogP contribution in [-0.2, 0) is 0 Å². The van der Waals surface area contributed by atoms with Crippen molar-refractivity contribution in [3.63, 3.8) is 0 Å². The normalized spacial score (nSPS) is 11.1. The lowest BCUT2D eigenvalue weighted by Crippen LogP contribution is -1.94. The van der Waals surface area contributed by atoms with Crippen molar-refractivity contribution in [2.24, 2.45) is 0 Å². The summed E-state index contributed by atoms with van der Waals surface area (Å²) < 4.78 is 1.81. The lowest BCUT2D eigenvalue weighted by Gasteiger charge is -2.00. The highest BCUT2D eigenvalue weighted by Gasteiger charge is 2.13. The Balaban J connectivity index is 1.87. The molecule has 0 N–H and O–H groups in total. The van der Waals surface area contributed by atoms with Crippen LogP contribution in [0.3, 0.4) is 0 Å². The first-order valence-corrected chi connectivity index (χ1v) is 8.44. The van der Waals surface area contributed by atoms with E-state index < -0.39 is 0 Å². The van der Waals surface area contributed by atoms with E-state index in [1.54, 1.807) is 18.6 Å². The highest BCUT2D eigenvalue weighted by molar-refractivity contribution is 5.91. The molecular weight excluding hydrogens is 334 g/mol. The number of rotatable bonds is 4. The van der Waals surface area contributed by atoms with Crippen molar-refractivity contribution < 1.29 is 0 Å². The molecule has 3 aromatic heterocycles. The number of allylic oxidation sites excluding steroid dienone is 1. The molecule has 27 heavy (non-hydrogen) atoms. The maximum absolute atomic E-state index is 9.63. The zero-order valence-corrected chi connectivity index (χ0v) is 14.4.